The fraction of sp³-hybridized carbons (Fsp3) is 0.167. The standard InChI is InChI=1S/C12H9BrF2O2/c1-6(16)11-2-3-12(17-11)7-4-10(15)8(13)5-9(7)14/h2-6,16H,1H3. The van der Waals surface area contributed by atoms with Gasteiger partial charge in [0, 0.05) is 0 Å². The third kappa shape index (κ3) is 2.40. The Bertz CT molecular complexity index is 549. The molecule has 17 heavy (non-hydrogen) atoms. The fourth-order valence-corrected chi connectivity index (χ4v) is 1.75. The molecule has 1 atom stereocenters. The molecule has 0 fully saturated rings. The van der Waals surface area contributed by atoms with Crippen molar-refractivity contribution in [1.82, 2.24) is 0 Å². The number of benzene rings is 1. The summed E-state index contributed by atoms with van der Waals surface area (Å²) >= 11 is 2.90. The van der Waals surface area contributed by atoms with Crippen molar-refractivity contribution in [3.05, 3.63) is 46.1 Å². The summed E-state index contributed by atoms with van der Waals surface area (Å²) in [7, 11) is 0. The molecule has 0 aliphatic rings. The molecule has 0 spiro atoms. The number of furan rings is 1. The molecule has 0 radical (unpaired) electrons. The highest BCUT2D eigenvalue weighted by Crippen LogP contribution is 2.30. The van der Waals surface area contributed by atoms with E-state index in [0.717, 1.165) is 12.1 Å². The van der Waals surface area contributed by atoms with E-state index in [1.807, 2.05) is 0 Å². The molecule has 5 heteroatoms. The zero-order chi connectivity index (χ0) is 12.6. The van der Waals surface area contributed by atoms with Crippen LogP contribution in [0.1, 0.15) is 18.8 Å². The van der Waals surface area contributed by atoms with Crippen molar-refractivity contribution in [1.29, 1.82) is 0 Å². The maximum Gasteiger partial charge on any atom is 0.138 e. The first-order chi connectivity index (χ1) is 7.99. The number of aliphatic hydroxyl groups excluding tert-OH is 1. The number of rotatable bonds is 2. The Morgan fingerprint density at radius 3 is 2.53 bits per heavy atom. The van der Waals surface area contributed by atoms with Crippen LogP contribution in [0, 0.1) is 11.6 Å². The van der Waals surface area contributed by atoms with Crippen molar-refractivity contribution in [3.8, 4) is 11.3 Å². The Kier molecular flexibility index (Phi) is 3.31. The van der Waals surface area contributed by atoms with Crippen molar-refractivity contribution in [2.45, 2.75) is 13.0 Å². The molecule has 0 bridgehead atoms. The Morgan fingerprint density at radius 1 is 1.24 bits per heavy atom. The lowest BCUT2D eigenvalue weighted by molar-refractivity contribution is 0.170. The summed E-state index contributed by atoms with van der Waals surface area (Å²) in [6.07, 6.45) is -0.785. The molecule has 90 valence electrons. The largest absolute Gasteiger partial charge is 0.458 e. The van der Waals surface area contributed by atoms with Gasteiger partial charge in [0.15, 0.2) is 0 Å². The van der Waals surface area contributed by atoms with Crippen LogP contribution in [0.15, 0.2) is 33.2 Å². The first kappa shape index (κ1) is 12.3. The normalized spacial score (nSPS) is 12.8. The van der Waals surface area contributed by atoms with Crippen LogP contribution >= 0.6 is 15.9 Å². The van der Waals surface area contributed by atoms with Crippen molar-refractivity contribution >= 4 is 15.9 Å². The van der Waals surface area contributed by atoms with Gasteiger partial charge in [0.05, 0.1) is 10.0 Å². The number of aliphatic hydroxyl groups is 1. The highest BCUT2D eigenvalue weighted by atomic mass is 79.9. The minimum Gasteiger partial charge on any atom is -0.458 e. The third-order valence-corrected chi connectivity index (χ3v) is 2.92. The fourth-order valence-electron chi connectivity index (χ4n) is 1.43. The van der Waals surface area contributed by atoms with Crippen LogP contribution in [0.4, 0.5) is 8.78 Å². The Labute approximate surface area is 105 Å². The average molecular weight is 303 g/mol. The lowest BCUT2D eigenvalue weighted by Gasteiger charge is -2.03. The van der Waals surface area contributed by atoms with Crippen molar-refractivity contribution in [2.24, 2.45) is 0 Å². The first-order valence-electron chi connectivity index (χ1n) is 4.91. The molecule has 0 saturated heterocycles. The van der Waals surface area contributed by atoms with Gasteiger partial charge in [0.2, 0.25) is 0 Å². The summed E-state index contributed by atoms with van der Waals surface area (Å²) in [5.41, 5.74) is 0.0256. The van der Waals surface area contributed by atoms with Crippen LogP contribution in [0.3, 0.4) is 0 Å². The molecule has 1 aromatic heterocycles. The summed E-state index contributed by atoms with van der Waals surface area (Å²) < 4.78 is 32.2. The Hall–Kier alpha value is -1.20. The number of halogens is 3. The minimum absolute atomic E-state index is 0.0256. The molecule has 0 aliphatic heterocycles. The minimum atomic E-state index is -0.785. The van der Waals surface area contributed by atoms with E-state index in [9.17, 15) is 13.9 Å². The second-order valence-corrected chi connectivity index (χ2v) is 4.48. The Balaban J connectivity index is 2.49. The van der Waals surface area contributed by atoms with E-state index in [0.29, 0.717) is 5.76 Å². The highest BCUT2D eigenvalue weighted by molar-refractivity contribution is 9.10. The van der Waals surface area contributed by atoms with Crippen LogP contribution in [0.2, 0.25) is 0 Å². The SMILES string of the molecule is CC(O)c1ccc(-c2cc(F)c(Br)cc2F)o1. The predicted octanol–water partition coefficient (Wildman–Crippen LogP) is 4.04. The van der Waals surface area contributed by atoms with E-state index in [1.165, 1.54) is 19.1 Å². The predicted molar refractivity (Wildman–Crippen MR) is 62.4 cm³/mol. The van der Waals surface area contributed by atoms with Crippen LogP contribution in [-0.4, -0.2) is 5.11 Å². The van der Waals surface area contributed by atoms with Gasteiger partial charge >= 0.3 is 0 Å². The smallest absolute Gasteiger partial charge is 0.138 e. The van der Waals surface area contributed by atoms with Gasteiger partial charge in [-0.2, -0.15) is 0 Å². The summed E-state index contributed by atoms with van der Waals surface area (Å²) in [5.74, 6) is -0.673. The van der Waals surface area contributed by atoms with Crippen LogP contribution in [-0.2, 0) is 0 Å². The molecule has 0 amide bonds. The van der Waals surface area contributed by atoms with Gasteiger partial charge in [-0.25, -0.2) is 8.78 Å². The quantitative estimate of drug-likeness (QED) is 0.849. The molecule has 1 heterocycles. The molecule has 2 rings (SSSR count). The number of hydrogen-bond acceptors (Lipinski definition) is 2. The van der Waals surface area contributed by atoms with Crippen molar-refractivity contribution in [3.63, 3.8) is 0 Å². The summed E-state index contributed by atoms with van der Waals surface area (Å²) in [5, 5.41) is 9.28. The zero-order valence-electron chi connectivity index (χ0n) is 8.88. The van der Waals surface area contributed by atoms with Gasteiger partial charge in [0.1, 0.15) is 29.3 Å². The summed E-state index contributed by atoms with van der Waals surface area (Å²) in [6, 6.07) is 5.10. The lowest BCUT2D eigenvalue weighted by atomic mass is 10.1. The Morgan fingerprint density at radius 2 is 1.94 bits per heavy atom. The monoisotopic (exact) mass is 302 g/mol. The first-order valence-corrected chi connectivity index (χ1v) is 5.71. The lowest BCUT2D eigenvalue weighted by Crippen LogP contribution is -1.88. The highest BCUT2D eigenvalue weighted by Gasteiger charge is 2.14. The van der Waals surface area contributed by atoms with Gasteiger partial charge in [-0.15, -0.1) is 0 Å². The van der Waals surface area contributed by atoms with Gasteiger partial charge in [-0.3, -0.25) is 0 Å². The maximum absolute atomic E-state index is 13.6. The average Bonchev–Trinajstić information content (AvgIpc) is 2.72. The molecule has 1 unspecified atom stereocenters. The van der Waals surface area contributed by atoms with Crippen molar-refractivity contribution in [2.75, 3.05) is 0 Å². The molecule has 0 aliphatic carbocycles. The topological polar surface area (TPSA) is 33.4 Å². The van der Waals surface area contributed by atoms with E-state index < -0.39 is 17.7 Å². The molecular formula is C12H9BrF2O2. The molecular weight excluding hydrogens is 294 g/mol. The van der Waals surface area contributed by atoms with Crippen molar-refractivity contribution < 1.29 is 18.3 Å². The van der Waals surface area contributed by atoms with E-state index in [1.54, 1.807) is 0 Å². The second-order valence-electron chi connectivity index (χ2n) is 3.62. The van der Waals surface area contributed by atoms with Gasteiger partial charge in [-0.05, 0) is 47.1 Å². The summed E-state index contributed by atoms with van der Waals surface area (Å²) in [6.45, 7) is 1.53. The van der Waals surface area contributed by atoms with Gasteiger partial charge in [0.25, 0.3) is 0 Å². The van der Waals surface area contributed by atoms with E-state index >= 15 is 0 Å². The van der Waals surface area contributed by atoms with Gasteiger partial charge in [-0.1, -0.05) is 0 Å². The molecule has 2 nitrogen and oxygen atoms in total. The maximum atomic E-state index is 13.6. The molecule has 0 saturated carbocycles. The van der Waals surface area contributed by atoms with Crippen LogP contribution < -0.4 is 0 Å². The number of hydrogen-bond donors (Lipinski definition) is 1. The zero-order valence-corrected chi connectivity index (χ0v) is 10.5. The molecule has 1 aromatic carbocycles. The van der Waals surface area contributed by atoms with E-state index in [-0.39, 0.29) is 15.8 Å². The van der Waals surface area contributed by atoms with E-state index in [2.05, 4.69) is 15.9 Å². The van der Waals surface area contributed by atoms with E-state index in [4.69, 9.17) is 4.42 Å². The summed E-state index contributed by atoms with van der Waals surface area (Å²) in [4.78, 5) is 0. The molecule has 2 aromatic rings. The molecule has 1 N–H and O–H groups in total. The van der Waals surface area contributed by atoms with Crippen LogP contribution in [0.25, 0.3) is 11.3 Å². The van der Waals surface area contributed by atoms with Gasteiger partial charge < -0.3 is 9.52 Å². The second kappa shape index (κ2) is 4.58. The third-order valence-electron chi connectivity index (χ3n) is 2.31. The van der Waals surface area contributed by atoms with Crippen LogP contribution in [0.5, 0.6) is 0 Å².